The minimum atomic E-state index is -0.106. The maximum absolute atomic E-state index is 12.3. The van der Waals surface area contributed by atoms with Crippen LogP contribution >= 0.6 is 22.9 Å². The monoisotopic (exact) mass is 351 g/mol. The number of methoxy groups -OCH3 is 1. The summed E-state index contributed by atoms with van der Waals surface area (Å²) in [5, 5.41) is 0. The van der Waals surface area contributed by atoms with E-state index < -0.39 is 0 Å². The third-order valence-electron chi connectivity index (χ3n) is 3.10. The molecule has 0 aliphatic rings. The molecule has 4 nitrogen and oxygen atoms in total. The molecule has 1 amide bonds. The predicted molar refractivity (Wildman–Crippen MR) is 93.4 cm³/mol. The second-order valence-corrected chi connectivity index (χ2v) is 6.53. The molecule has 0 saturated carbocycles. The molecule has 2 rings (SSSR count). The van der Waals surface area contributed by atoms with Crippen molar-refractivity contribution in [2.24, 2.45) is 0 Å². The number of carbonyl (C=O) groups excluding carboxylic acids is 1. The van der Waals surface area contributed by atoms with Crippen LogP contribution in [0, 0.1) is 0 Å². The van der Waals surface area contributed by atoms with Crippen LogP contribution in [0.1, 0.15) is 4.88 Å². The van der Waals surface area contributed by atoms with Crippen LogP contribution in [0.25, 0.3) is 0 Å². The van der Waals surface area contributed by atoms with Gasteiger partial charge < -0.3 is 14.4 Å². The number of nitrogens with zero attached hydrogens (tertiary/aromatic N) is 1. The first-order valence-electron chi connectivity index (χ1n) is 7.02. The van der Waals surface area contributed by atoms with Gasteiger partial charge in [0, 0.05) is 11.4 Å². The molecule has 0 spiro atoms. The number of benzene rings is 1. The average Bonchev–Trinajstić information content (AvgIpc) is 2.97. The Morgan fingerprint density at radius 3 is 2.52 bits per heavy atom. The van der Waals surface area contributed by atoms with E-state index in [0.717, 1.165) is 10.6 Å². The molecule has 0 N–H and O–H groups in total. The van der Waals surface area contributed by atoms with Gasteiger partial charge in [-0.3, -0.25) is 4.79 Å². The zero-order valence-electron chi connectivity index (χ0n) is 12.8. The van der Waals surface area contributed by atoms with E-state index in [-0.39, 0.29) is 12.5 Å². The zero-order valence-corrected chi connectivity index (χ0v) is 14.4. The SMILES string of the molecule is C=CCN(Cc1ccc(Cl)s1)C(=O)COc1ccc(OC)cc1. The second kappa shape index (κ2) is 8.60. The van der Waals surface area contributed by atoms with E-state index in [1.807, 2.05) is 12.1 Å². The molecule has 1 aromatic heterocycles. The van der Waals surface area contributed by atoms with Gasteiger partial charge in [0.2, 0.25) is 0 Å². The zero-order chi connectivity index (χ0) is 16.7. The summed E-state index contributed by atoms with van der Waals surface area (Å²) < 4.78 is 11.3. The normalized spacial score (nSPS) is 10.2. The Kier molecular flexibility index (Phi) is 6.50. The molecular formula is C17H18ClNO3S. The van der Waals surface area contributed by atoms with E-state index in [9.17, 15) is 4.79 Å². The molecule has 23 heavy (non-hydrogen) atoms. The summed E-state index contributed by atoms with van der Waals surface area (Å²) in [6, 6.07) is 10.8. The smallest absolute Gasteiger partial charge is 0.261 e. The lowest BCUT2D eigenvalue weighted by molar-refractivity contribution is -0.133. The minimum Gasteiger partial charge on any atom is -0.497 e. The Balaban J connectivity index is 1.92. The largest absolute Gasteiger partial charge is 0.497 e. The van der Waals surface area contributed by atoms with Crippen LogP contribution in [0.5, 0.6) is 11.5 Å². The number of hydrogen-bond donors (Lipinski definition) is 0. The highest BCUT2D eigenvalue weighted by Crippen LogP contribution is 2.23. The predicted octanol–water partition coefficient (Wildman–Crippen LogP) is 4.00. The van der Waals surface area contributed by atoms with Crippen LogP contribution in [0.4, 0.5) is 0 Å². The van der Waals surface area contributed by atoms with Crippen molar-refractivity contribution in [2.75, 3.05) is 20.3 Å². The van der Waals surface area contributed by atoms with Gasteiger partial charge in [-0.2, -0.15) is 0 Å². The van der Waals surface area contributed by atoms with Gasteiger partial charge in [-0.25, -0.2) is 0 Å². The van der Waals surface area contributed by atoms with E-state index in [1.54, 1.807) is 42.4 Å². The average molecular weight is 352 g/mol. The van der Waals surface area contributed by atoms with Crippen LogP contribution < -0.4 is 9.47 Å². The molecule has 0 saturated heterocycles. The standard InChI is InChI=1S/C17H18ClNO3S/c1-3-10-19(11-15-8-9-16(18)23-15)17(20)12-22-14-6-4-13(21-2)5-7-14/h3-9H,1,10-12H2,2H3. The van der Waals surface area contributed by atoms with Crippen molar-refractivity contribution < 1.29 is 14.3 Å². The van der Waals surface area contributed by atoms with Crippen molar-refractivity contribution in [1.82, 2.24) is 4.90 Å². The molecule has 122 valence electrons. The van der Waals surface area contributed by atoms with Gasteiger partial charge in [0.05, 0.1) is 18.0 Å². The van der Waals surface area contributed by atoms with Crippen molar-refractivity contribution >= 4 is 28.8 Å². The second-order valence-electron chi connectivity index (χ2n) is 4.73. The Bertz CT molecular complexity index is 654. The van der Waals surface area contributed by atoms with E-state index in [4.69, 9.17) is 21.1 Å². The van der Waals surface area contributed by atoms with E-state index in [2.05, 4.69) is 6.58 Å². The first-order valence-corrected chi connectivity index (χ1v) is 8.21. The van der Waals surface area contributed by atoms with Crippen molar-refractivity contribution in [3.8, 4) is 11.5 Å². The summed E-state index contributed by atoms with van der Waals surface area (Å²) in [5.41, 5.74) is 0. The maximum Gasteiger partial charge on any atom is 0.261 e. The summed E-state index contributed by atoms with van der Waals surface area (Å²) in [6.45, 7) is 4.62. The number of ether oxygens (including phenoxy) is 2. The minimum absolute atomic E-state index is 0.0285. The molecule has 0 bridgehead atoms. The third-order valence-corrected chi connectivity index (χ3v) is 4.32. The molecule has 0 atom stereocenters. The van der Waals surface area contributed by atoms with Gasteiger partial charge in [-0.15, -0.1) is 17.9 Å². The van der Waals surface area contributed by atoms with Crippen molar-refractivity contribution in [3.63, 3.8) is 0 Å². The number of halogens is 1. The van der Waals surface area contributed by atoms with E-state index in [0.29, 0.717) is 23.2 Å². The molecule has 0 aliphatic carbocycles. The number of amides is 1. The fourth-order valence-corrected chi connectivity index (χ4v) is 3.05. The highest BCUT2D eigenvalue weighted by atomic mass is 35.5. The number of rotatable bonds is 8. The summed E-state index contributed by atoms with van der Waals surface area (Å²) >= 11 is 7.39. The van der Waals surface area contributed by atoms with Crippen LogP contribution in [0.15, 0.2) is 49.1 Å². The Labute approximate surface area is 144 Å². The highest BCUT2D eigenvalue weighted by Gasteiger charge is 2.14. The van der Waals surface area contributed by atoms with Crippen LogP contribution in [-0.4, -0.2) is 31.1 Å². The molecular weight excluding hydrogens is 334 g/mol. The third kappa shape index (κ3) is 5.30. The topological polar surface area (TPSA) is 38.8 Å². The van der Waals surface area contributed by atoms with Gasteiger partial charge in [0.1, 0.15) is 11.5 Å². The van der Waals surface area contributed by atoms with Crippen molar-refractivity contribution in [2.45, 2.75) is 6.54 Å². The maximum atomic E-state index is 12.3. The van der Waals surface area contributed by atoms with Crippen molar-refractivity contribution in [3.05, 3.63) is 58.3 Å². The van der Waals surface area contributed by atoms with Gasteiger partial charge in [0.25, 0.3) is 5.91 Å². The first kappa shape index (κ1) is 17.4. The number of thiophene rings is 1. The molecule has 0 unspecified atom stereocenters. The Hall–Kier alpha value is -1.98. The summed E-state index contributed by atoms with van der Waals surface area (Å²) in [4.78, 5) is 15.0. The molecule has 6 heteroatoms. The van der Waals surface area contributed by atoms with Crippen LogP contribution in [0.2, 0.25) is 4.34 Å². The summed E-state index contributed by atoms with van der Waals surface area (Å²) in [5.74, 6) is 1.26. The molecule has 0 aliphatic heterocycles. The molecule has 0 radical (unpaired) electrons. The molecule has 1 aromatic carbocycles. The lowest BCUT2D eigenvalue weighted by Crippen LogP contribution is -2.34. The molecule has 1 heterocycles. The number of hydrogen-bond acceptors (Lipinski definition) is 4. The lowest BCUT2D eigenvalue weighted by Gasteiger charge is -2.20. The summed E-state index contributed by atoms with van der Waals surface area (Å²) in [6.07, 6.45) is 1.69. The van der Waals surface area contributed by atoms with Gasteiger partial charge >= 0.3 is 0 Å². The quantitative estimate of drug-likeness (QED) is 0.675. The molecule has 2 aromatic rings. The Morgan fingerprint density at radius 2 is 1.96 bits per heavy atom. The highest BCUT2D eigenvalue weighted by molar-refractivity contribution is 7.16. The Morgan fingerprint density at radius 1 is 1.26 bits per heavy atom. The summed E-state index contributed by atoms with van der Waals surface area (Å²) in [7, 11) is 1.60. The van der Waals surface area contributed by atoms with Gasteiger partial charge in [-0.05, 0) is 36.4 Å². The first-order chi connectivity index (χ1) is 11.1. The lowest BCUT2D eigenvalue weighted by atomic mass is 10.3. The fraction of sp³-hybridized carbons (Fsp3) is 0.235. The molecule has 0 fully saturated rings. The number of carbonyl (C=O) groups is 1. The van der Waals surface area contributed by atoms with E-state index in [1.165, 1.54) is 11.3 Å². The van der Waals surface area contributed by atoms with E-state index >= 15 is 0 Å². The van der Waals surface area contributed by atoms with Gasteiger partial charge in [0.15, 0.2) is 6.61 Å². The van der Waals surface area contributed by atoms with Crippen LogP contribution in [-0.2, 0) is 11.3 Å². The van der Waals surface area contributed by atoms with Crippen molar-refractivity contribution in [1.29, 1.82) is 0 Å². The van der Waals surface area contributed by atoms with Crippen LogP contribution in [0.3, 0.4) is 0 Å². The fourth-order valence-electron chi connectivity index (χ4n) is 1.94. The van der Waals surface area contributed by atoms with Gasteiger partial charge in [-0.1, -0.05) is 17.7 Å².